The Morgan fingerprint density at radius 1 is 1.16 bits per heavy atom. The highest BCUT2D eigenvalue weighted by Crippen LogP contribution is 2.16. The molecule has 0 spiro atoms. The molecular weight excluding hydrogens is 240 g/mol. The van der Waals surface area contributed by atoms with Gasteiger partial charge in [0.1, 0.15) is 0 Å². The molecule has 0 amide bonds. The molecule has 0 heterocycles. The van der Waals surface area contributed by atoms with E-state index in [2.05, 4.69) is 26.0 Å². The molecule has 0 radical (unpaired) electrons. The SMILES string of the molecule is CC(C)COC(Cc1ccc(C(C)C)cc1)C(=O)O. The molecule has 19 heavy (non-hydrogen) atoms. The number of carboxylic acids is 1. The first kappa shape index (κ1) is 15.7. The summed E-state index contributed by atoms with van der Waals surface area (Å²) < 4.78 is 5.45. The fourth-order valence-corrected chi connectivity index (χ4v) is 1.78. The van der Waals surface area contributed by atoms with E-state index in [4.69, 9.17) is 9.84 Å². The van der Waals surface area contributed by atoms with Crippen LogP contribution in [0.5, 0.6) is 0 Å². The summed E-state index contributed by atoms with van der Waals surface area (Å²) in [5.74, 6) is -0.0692. The van der Waals surface area contributed by atoms with Gasteiger partial charge in [-0.1, -0.05) is 52.0 Å². The fraction of sp³-hybridized carbons (Fsp3) is 0.562. The van der Waals surface area contributed by atoms with Crippen LogP contribution in [-0.4, -0.2) is 23.8 Å². The van der Waals surface area contributed by atoms with Gasteiger partial charge in [0.15, 0.2) is 6.10 Å². The van der Waals surface area contributed by atoms with E-state index >= 15 is 0 Å². The maximum Gasteiger partial charge on any atom is 0.333 e. The third kappa shape index (κ3) is 5.43. The summed E-state index contributed by atoms with van der Waals surface area (Å²) in [6.07, 6.45) is -0.340. The molecule has 0 saturated carbocycles. The van der Waals surface area contributed by atoms with Crippen LogP contribution in [0.15, 0.2) is 24.3 Å². The molecule has 0 bridgehead atoms. The largest absolute Gasteiger partial charge is 0.479 e. The molecule has 1 atom stereocenters. The van der Waals surface area contributed by atoms with Crippen molar-refractivity contribution < 1.29 is 14.6 Å². The number of hydrogen-bond acceptors (Lipinski definition) is 2. The highest BCUT2D eigenvalue weighted by molar-refractivity contribution is 5.72. The van der Waals surface area contributed by atoms with Gasteiger partial charge in [0.25, 0.3) is 0 Å². The molecular formula is C16H24O3. The normalized spacial score (nSPS) is 12.9. The van der Waals surface area contributed by atoms with Crippen molar-refractivity contribution in [3.05, 3.63) is 35.4 Å². The zero-order valence-corrected chi connectivity index (χ0v) is 12.2. The molecule has 0 aliphatic rings. The van der Waals surface area contributed by atoms with Crippen LogP contribution in [0.4, 0.5) is 0 Å². The van der Waals surface area contributed by atoms with Gasteiger partial charge in [-0.25, -0.2) is 4.79 Å². The maximum atomic E-state index is 11.2. The molecule has 0 fully saturated rings. The molecule has 3 nitrogen and oxygen atoms in total. The quantitative estimate of drug-likeness (QED) is 0.820. The Hall–Kier alpha value is -1.35. The van der Waals surface area contributed by atoms with E-state index in [1.54, 1.807) is 0 Å². The lowest BCUT2D eigenvalue weighted by atomic mass is 10.00. The number of hydrogen-bond donors (Lipinski definition) is 1. The summed E-state index contributed by atoms with van der Waals surface area (Å²) in [5, 5.41) is 9.17. The predicted octanol–water partition coefficient (Wildman–Crippen LogP) is 3.48. The molecule has 3 heteroatoms. The zero-order chi connectivity index (χ0) is 14.4. The van der Waals surface area contributed by atoms with Crippen molar-refractivity contribution in [1.29, 1.82) is 0 Å². The van der Waals surface area contributed by atoms with Crippen LogP contribution in [0.1, 0.15) is 44.7 Å². The molecule has 0 aromatic heterocycles. The predicted molar refractivity (Wildman–Crippen MR) is 76.4 cm³/mol. The van der Waals surface area contributed by atoms with Crippen molar-refractivity contribution in [2.75, 3.05) is 6.61 Å². The van der Waals surface area contributed by atoms with Crippen LogP contribution >= 0.6 is 0 Å². The molecule has 0 aliphatic carbocycles. The van der Waals surface area contributed by atoms with Crippen molar-refractivity contribution in [2.24, 2.45) is 5.92 Å². The lowest BCUT2D eigenvalue weighted by Gasteiger charge is -2.15. The van der Waals surface area contributed by atoms with E-state index in [9.17, 15) is 4.79 Å². The smallest absolute Gasteiger partial charge is 0.333 e. The Kier molecular flexibility index (Phi) is 6.03. The summed E-state index contributed by atoms with van der Waals surface area (Å²) in [6, 6.07) is 8.09. The van der Waals surface area contributed by atoms with E-state index in [-0.39, 0.29) is 0 Å². The summed E-state index contributed by atoms with van der Waals surface area (Å²) in [7, 11) is 0. The minimum Gasteiger partial charge on any atom is -0.479 e. The summed E-state index contributed by atoms with van der Waals surface area (Å²) in [6.45, 7) is 8.77. The van der Waals surface area contributed by atoms with Crippen molar-refractivity contribution in [3.8, 4) is 0 Å². The average molecular weight is 264 g/mol. The zero-order valence-electron chi connectivity index (χ0n) is 12.2. The molecule has 1 N–H and O–H groups in total. The monoisotopic (exact) mass is 264 g/mol. The Balaban J connectivity index is 2.65. The van der Waals surface area contributed by atoms with Gasteiger partial charge in [-0.3, -0.25) is 0 Å². The summed E-state index contributed by atoms with van der Waals surface area (Å²) >= 11 is 0. The number of rotatable bonds is 7. The van der Waals surface area contributed by atoms with Crippen LogP contribution in [0.2, 0.25) is 0 Å². The molecule has 1 unspecified atom stereocenters. The number of aliphatic carboxylic acids is 1. The minimum atomic E-state index is -0.895. The van der Waals surface area contributed by atoms with Crippen molar-refractivity contribution in [3.63, 3.8) is 0 Å². The molecule has 1 aromatic carbocycles. The standard InChI is InChI=1S/C16H24O3/c1-11(2)10-19-15(16(17)18)9-13-5-7-14(8-6-13)12(3)4/h5-8,11-12,15H,9-10H2,1-4H3,(H,17,18). The van der Waals surface area contributed by atoms with Gasteiger partial charge in [0, 0.05) is 6.42 Å². The third-order valence-corrected chi connectivity index (χ3v) is 2.97. The number of benzene rings is 1. The molecule has 0 saturated heterocycles. The average Bonchev–Trinajstić information content (AvgIpc) is 2.34. The van der Waals surface area contributed by atoms with Crippen LogP contribution in [0, 0.1) is 5.92 Å². The molecule has 106 valence electrons. The van der Waals surface area contributed by atoms with E-state index < -0.39 is 12.1 Å². The van der Waals surface area contributed by atoms with Gasteiger partial charge < -0.3 is 9.84 Å². The van der Waals surface area contributed by atoms with Crippen molar-refractivity contribution in [2.45, 2.75) is 46.1 Å². The Bertz CT molecular complexity index is 393. The highest BCUT2D eigenvalue weighted by atomic mass is 16.5. The Morgan fingerprint density at radius 2 is 1.74 bits per heavy atom. The second-order valence-corrected chi connectivity index (χ2v) is 5.65. The van der Waals surface area contributed by atoms with Crippen molar-refractivity contribution in [1.82, 2.24) is 0 Å². The Morgan fingerprint density at radius 3 is 2.16 bits per heavy atom. The minimum absolute atomic E-state index is 0.338. The van der Waals surface area contributed by atoms with Gasteiger partial charge in [-0.15, -0.1) is 0 Å². The van der Waals surface area contributed by atoms with E-state index in [1.165, 1.54) is 5.56 Å². The van der Waals surface area contributed by atoms with E-state index in [0.717, 1.165) is 5.56 Å². The second-order valence-electron chi connectivity index (χ2n) is 5.65. The number of carboxylic acid groups (broad SMARTS) is 1. The molecule has 1 aromatic rings. The van der Waals surface area contributed by atoms with Crippen LogP contribution in [0.25, 0.3) is 0 Å². The third-order valence-electron chi connectivity index (χ3n) is 2.97. The first-order valence-electron chi connectivity index (χ1n) is 6.83. The highest BCUT2D eigenvalue weighted by Gasteiger charge is 2.19. The maximum absolute atomic E-state index is 11.2. The van der Waals surface area contributed by atoms with Crippen LogP contribution in [-0.2, 0) is 16.0 Å². The van der Waals surface area contributed by atoms with Crippen LogP contribution < -0.4 is 0 Å². The second kappa shape index (κ2) is 7.29. The summed E-state index contributed by atoms with van der Waals surface area (Å²) in [5.41, 5.74) is 2.26. The van der Waals surface area contributed by atoms with Gasteiger partial charge >= 0.3 is 5.97 Å². The molecule has 0 aliphatic heterocycles. The molecule has 1 rings (SSSR count). The Labute approximate surface area is 115 Å². The topological polar surface area (TPSA) is 46.5 Å². The lowest BCUT2D eigenvalue weighted by Crippen LogP contribution is -2.28. The van der Waals surface area contributed by atoms with Gasteiger partial charge in [0.2, 0.25) is 0 Å². The first-order valence-corrected chi connectivity index (χ1v) is 6.83. The van der Waals surface area contributed by atoms with Gasteiger partial charge in [-0.05, 0) is 23.0 Å². The van der Waals surface area contributed by atoms with Crippen LogP contribution in [0.3, 0.4) is 0 Å². The summed E-state index contributed by atoms with van der Waals surface area (Å²) in [4.78, 5) is 11.2. The van der Waals surface area contributed by atoms with Gasteiger partial charge in [0.05, 0.1) is 6.61 Å². The van der Waals surface area contributed by atoms with Crippen molar-refractivity contribution >= 4 is 5.97 Å². The van der Waals surface area contributed by atoms with Gasteiger partial charge in [-0.2, -0.15) is 0 Å². The lowest BCUT2D eigenvalue weighted by molar-refractivity contribution is -0.150. The number of ether oxygens (including phenoxy) is 1. The number of carbonyl (C=O) groups is 1. The first-order chi connectivity index (χ1) is 8.90. The fourth-order valence-electron chi connectivity index (χ4n) is 1.78. The van der Waals surface area contributed by atoms with E-state index in [0.29, 0.717) is 24.9 Å². The van der Waals surface area contributed by atoms with E-state index in [1.807, 2.05) is 26.0 Å².